The van der Waals surface area contributed by atoms with Crippen molar-refractivity contribution >= 4 is 51.7 Å². The molecule has 1 aromatic heterocycles. The molecule has 2 aromatic carbocycles. The number of nitrogens with zero attached hydrogens (tertiary/aromatic N) is 2. The van der Waals surface area contributed by atoms with Crippen molar-refractivity contribution in [3.8, 4) is 5.69 Å². The molecule has 3 rings (SSSR count). The third-order valence-electron chi connectivity index (χ3n) is 3.63. The van der Waals surface area contributed by atoms with Gasteiger partial charge in [-0.15, -0.1) is 11.6 Å². The van der Waals surface area contributed by atoms with E-state index in [0.29, 0.717) is 20.9 Å². The van der Waals surface area contributed by atoms with Crippen LogP contribution in [0.25, 0.3) is 16.6 Å². The number of aromatic nitrogens is 2. The standard InChI is InChI=1S/C17H11Cl3N2O3/c1-25-17(24)12-5-3-10(20)7-14(12)22-15(8-18)21-13-6-9(19)2-4-11(13)16(22)23/h2-7H,8H2,1H3. The first kappa shape index (κ1) is 17.7. The molecule has 5 nitrogen and oxygen atoms in total. The van der Waals surface area contributed by atoms with Gasteiger partial charge in [-0.05, 0) is 36.4 Å². The van der Waals surface area contributed by atoms with Crippen LogP contribution in [0.15, 0.2) is 41.2 Å². The van der Waals surface area contributed by atoms with Crippen molar-refractivity contribution in [1.29, 1.82) is 0 Å². The summed E-state index contributed by atoms with van der Waals surface area (Å²) >= 11 is 18.0. The first-order chi connectivity index (χ1) is 12.0. The van der Waals surface area contributed by atoms with Gasteiger partial charge in [-0.3, -0.25) is 9.36 Å². The molecular formula is C17H11Cl3N2O3. The zero-order chi connectivity index (χ0) is 18.1. The van der Waals surface area contributed by atoms with Gasteiger partial charge in [0.2, 0.25) is 0 Å². The molecular weight excluding hydrogens is 387 g/mol. The molecule has 0 aliphatic rings. The van der Waals surface area contributed by atoms with E-state index in [0.717, 1.165) is 0 Å². The third-order valence-corrected chi connectivity index (χ3v) is 4.34. The topological polar surface area (TPSA) is 61.2 Å². The molecule has 3 aromatic rings. The van der Waals surface area contributed by atoms with Gasteiger partial charge in [0.25, 0.3) is 5.56 Å². The molecule has 0 radical (unpaired) electrons. The molecule has 128 valence electrons. The van der Waals surface area contributed by atoms with Crippen LogP contribution in [-0.2, 0) is 10.6 Å². The van der Waals surface area contributed by atoms with Crippen LogP contribution >= 0.6 is 34.8 Å². The number of halogens is 3. The van der Waals surface area contributed by atoms with Gasteiger partial charge in [0.1, 0.15) is 5.82 Å². The van der Waals surface area contributed by atoms with E-state index in [1.807, 2.05) is 0 Å². The van der Waals surface area contributed by atoms with Crippen LogP contribution in [0, 0.1) is 0 Å². The quantitative estimate of drug-likeness (QED) is 0.490. The second-order valence-corrected chi connectivity index (χ2v) is 6.26. The van der Waals surface area contributed by atoms with Crippen LogP contribution in [0.5, 0.6) is 0 Å². The number of benzene rings is 2. The first-order valence-electron chi connectivity index (χ1n) is 7.11. The molecule has 8 heteroatoms. The SMILES string of the molecule is COC(=O)c1ccc(Cl)cc1-n1c(CCl)nc2cc(Cl)ccc2c1=O. The van der Waals surface area contributed by atoms with E-state index in [-0.39, 0.29) is 28.5 Å². The number of ether oxygens (including phenoxy) is 1. The minimum atomic E-state index is -0.602. The summed E-state index contributed by atoms with van der Waals surface area (Å²) in [5.41, 5.74) is 0.468. The predicted octanol–water partition coefficient (Wildman–Crippen LogP) is 4.22. The van der Waals surface area contributed by atoms with Crippen LogP contribution < -0.4 is 5.56 Å². The van der Waals surface area contributed by atoms with Crippen LogP contribution in [0.3, 0.4) is 0 Å². The number of carbonyl (C=O) groups is 1. The Labute approximate surface area is 157 Å². The van der Waals surface area contributed by atoms with Gasteiger partial charge in [-0.2, -0.15) is 0 Å². The Hall–Kier alpha value is -2.08. The second-order valence-electron chi connectivity index (χ2n) is 5.12. The summed E-state index contributed by atoms with van der Waals surface area (Å²) in [6, 6.07) is 9.27. The fraction of sp³-hybridized carbons (Fsp3) is 0.118. The summed E-state index contributed by atoms with van der Waals surface area (Å²) in [5, 5.41) is 1.15. The highest BCUT2D eigenvalue weighted by Crippen LogP contribution is 2.23. The van der Waals surface area contributed by atoms with Crippen LogP contribution in [0.1, 0.15) is 16.2 Å². The van der Waals surface area contributed by atoms with E-state index in [4.69, 9.17) is 39.5 Å². The molecule has 0 N–H and O–H groups in total. The highest BCUT2D eigenvalue weighted by molar-refractivity contribution is 6.31. The lowest BCUT2D eigenvalue weighted by Gasteiger charge is -2.15. The van der Waals surface area contributed by atoms with Crippen molar-refractivity contribution in [3.05, 3.63) is 68.2 Å². The number of esters is 1. The molecule has 0 bridgehead atoms. The number of methoxy groups -OCH3 is 1. The van der Waals surface area contributed by atoms with Crippen molar-refractivity contribution < 1.29 is 9.53 Å². The lowest BCUT2D eigenvalue weighted by molar-refractivity contribution is 0.0600. The summed E-state index contributed by atoms with van der Waals surface area (Å²) in [6.07, 6.45) is 0. The van der Waals surface area contributed by atoms with Crippen molar-refractivity contribution in [1.82, 2.24) is 9.55 Å². The van der Waals surface area contributed by atoms with Gasteiger partial charge < -0.3 is 4.74 Å². The molecule has 0 fully saturated rings. The summed E-state index contributed by atoms with van der Waals surface area (Å²) in [5.74, 6) is -0.394. The Balaban J connectivity index is 2.42. The van der Waals surface area contributed by atoms with Gasteiger partial charge in [-0.1, -0.05) is 23.2 Å². The number of alkyl halides is 1. The molecule has 25 heavy (non-hydrogen) atoms. The second kappa shape index (κ2) is 7.04. The summed E-state index contributed by atoms with van der Waals surface area (Å²) in [4.78, 5) is 29.5. The molecule has 0 amide bonds. The van der Waals surface area contributed by atoms with Gasteiger partial charge >= 0.3 is 5.97 Å². The maximum atomic E-state index is 13.0. The molecule has 0 saturated heterocycles. The maximum absolute atomic E-state index is 13.0. The summed E-state index contributed by atoms with van der Waals surface area (Å²) in [6.45, 7) is 0. The molecule has 1 heterocycles. The molecule has 0 spiro atoms. The van der Waals surface area contributed by atoms with E-state index in [9.17, 15) is 9.59 Å². The largest absolute Gasteiger partial charge is 0.465 e. The summed E-state index contributed by atoms with van der Waals surface area (Å²) < 4.78 is 6.05. The fourth-order valence-electron chi connectivity index (χ4n) is 2.52. The van der Waals surface area contributed by atoms with Crippen molar-refractivity contribution in [2.24, 2.45) is 0 Å². The fourth-order valence-corrected chi connectivity index (χ4v) is 3.03. The normalized spacial score (nSPS) is 10.9. The van der Waals surface area contributed by atoms with Gasteiger partial charge in [-0.25, -0.2) is 9.78 Å². The Kier molecular flexibility index (Phi) is 4.99. The van der Waals surface area contributed by atoms with E-state index in [1.54, 1.807) is 18.2 Å². The van der Waals surface area contributed by atoms with Crippen molar-refractivity contribution in [2.75, 3.05) is 7.11 Å². The number of rotatable bonds is 3. The highest BCUT2D eigenvalue weighted by atomic mass is 35.5. The Morgan fingerprint density at radius 2 is 1.84 bits per heavy atom. The van der Waals surface area contributed by atoms with Crippen LogP contribution in [0.4, 0.5) is 0 Å². The maximum Gasteiger partial charge on any atom is 0.339 e. The first-order valence-corrected chi connectivity index (χ1v) is 8.40. The zero-order valence-electron chi connectivity index (χ0n) is 12.9. The van der Waals surface area contributed by atoms with E-state index in [2.05, 4.69) is 4.98 Å². The van der Waals surface area contributed by atoms with Crippen LogP contribution in [0.2, 0.25) is 10.0 Å². The molecule has 0 saturated carbocycles. The molecule has 0 aliphatic heterocycles. The van der Waals surface area contributed by atoms with Crippen LogP contribution in [-0.4, -0.2) is 22.6 Å². The lowest BCUT2D eigenvalue weighted by Crippen LogP contribution is -2.25. The van der Waals surface area contributed by atoms with Crippen molar-refractivity contribution in [3.63, 3.8) is 0 Å². The minimum absolute atomic E-state index is 0.0508. The number of fused-ring (bicyclic) bond motifs is 1. The van der Waals surface area contributed by atoms with Gasteiger partial charge in [0.05, 0.1) is 35.1 Å². The Bertz CT molecular complexity index is 1050. The van der Waals surface area contributed by atoms with E-state index in [1.165, 1.54) is 29.9 Å². The average Bonchev–Trinajstić information content (AvgIpc) is 2.60. The Morgan fingerprint density at radius 3 is 2.52 bits per heavy atom. The van der Waals surface area contributed by atoms with Crippen molar-refractivity contribution in [2.45, 2.75) is 5.88 Å². The Morgan fingerprint density at radius 1 is 1.16 bits per heavy atom. The smallest absolute Gasteiger partial charge is 0.339 e. The van der Waals surface area contributed by atoms with E-state index >= 15 is 0 Å². The number of hydrogen-bond donors (Lipinski definition) is 0. The molecule has 0 atom stereocenters. The zero-order valence-corrected chi connectivity index (χ0v) is 15.2. The highest BCUT2D eigenvalue weighted by Gasteiger charge is 2.19. The minimum Gasteiger partial charge on any atom is -0.465 e. The predicted molar refractivity (Wildman–Crippen MR) is 98.3 cm³/mol. The van der Waals surface area contributed by atoms with Gasteiger partial charge in [0.15, 0.2) is 0 Å². The number of hydrogen-bond acceptors (Lipinski definition) is 4. The lowest BCUT2D eigenvalue weighted by atomic mass is 10.1. The van der Waals surface area contributed by atoms with E-state index < -0.39 is 5.97 Å². The van der Waals surface area contributed by atoms with Gasteiger partial charge in [0, 0.05) is 10.0 Å². The average molecular weight is 398 g/mol. The summed E-state index contributed by atoms with van der Waals surface area (Å²) in [7, 11) is 1.26. The molecule has 0 aliphatic carbocycles. The third kappa shape index (κ3) is 3.23. The number of carbonyl (C=O) groups excluding carboxylic acids is 1. The molecule has 0 unspecified atom stereocenters. The monoisotopic (exact) mass is 396 g/mol.